The maximum absolute atomic E-state index is 10.8. The van der Waals surface area contributed by atoms with E-state index >= 15 is 0 Å². The van der Waals surface area contributed by atoms with Gasteiger partial charge in [0, 0.05) is 0 Å². The predicted molar refractivity (Wildman–Crippen MR) is 69.1 cm³/mol. The lowest BCUT2D eigenvalue weighted by Crippen LogP contribution is -2.30. The highest BCUT2D eigenvalue weighted by atomic mass is 16.6. The summed E-state index contributed by atoms with van der Waals surface area (Å²) < 4.78 is 1.63. The van der Waals surface area contributed by atoms with Crippen molar-refractivity contribution in [3.63, 3.8) is 0 Å². The molecule has 6 nitrogen and oxygen atoms in total. The van der Waals surface area contributed by atoms with Crippen LogP contribution in [0.25, 0.3) is 0 Å². The zero-order chi connectivity index (χ0) is 13.5. The number of aromatic nitrogens is 2. The average molecular weight is 252 g/mol. The molecule has 1 fully saturated rings. The first kappa shape index (κ1) is 12.9. The van der Waals surface area contributed by atoms with E-state index in [1.165, 1.54) is 12.6 Å². The number of hydrogen-bond donors (Lipinski definition) is 1. The van der Waals surface area contributed by atoms with E-state index in [-0.39, 0.29) is 23.0 Å². The zero-order valence-electron chi connectivity index (χ0n) is 11.1. The molecule has 0 radical (unpaired) electrons. The fourth-order valence-corrected chi connectivity index (χ4v) is 3.28. The number of hydrogen-bond acceptors (Lipinski definition) is 4. The molecule has 2 atom stereocenters. The van der Waals surface area contributed by atoms with E-state index in [0.29, 0.717) is 5.92 Å². The molecule has 6 heteroatoms. The Morgan fingerprint density at radius 3 is 2.72 bits per heavy atom. The minimum absolute atomic E-state index is 0.0916. The summed E-state index contributed by atoms with van der Waals surface area (Å²) in [7, 11) is 0. The number of anilines is 1. The molecule has 100 valence electrons. The first-order chi connectivity index (χ1) is 8.30. The fraction of sp³-hybridized carbons (Fsp3) is 0.750. The normalized spacial score (nSPS) is 27.1. The molecule has 1 saturated carbocycles. The van der Waals surface area contributed by atoms with Gasteiger partial charge in [-0.2, -0.15) is 5.10 Å². The van der Waals surface area contributed by atoms with Gasteiger partial charge in [-0.3, -0.25) is 10.1 Å². The third-order valence-electron chi connectivity index (χ3n) is 3.72. The summed E-state index contributed by atoms with van der Waals surface area (Å²) in [6, 6.07) is 0.164. The molecule has 1 aliphatic carbocycles. The molecule has 2 rings (SSSR count). The van der Waals surface area contributed by atoms with Gasteiger partial charge >= 0.3 is 5.69 Å². The minimum atomic E-state index is -0.476. The van der Waals surface area contributed by atoms with Gasteiger partial charge in [-0.05, 0) is 30.6 Å². The van der Waals surface area contributed by atoms with Crippen LogP contribution in [-0.2, 0) is 0 Å². The van der Waals surface area contributed by atoms with Crippen molar-refractivity contribution < 1.29 is 4.92 Å². The molecule has 1 aliphatic rings. The molecule has 0 bridgehead atoms. The number of nitrogen functional groups attached to an aromatic ring is 1. The van der Waals surface area contributed by atoms with Crippen LogP contribution in [0.2, 0.25) is 0 Å². The topological polar surface area (TPSA) is 87.0 Å². The Morgan fingerprint density at radius 1 is 1.56 bits per heavy atom. The fourth-order valence-electron chi connectivity index (χ4n) is 3.28. The molecule has 0 spiro atoms. The Labute approximate surface area is 106 Å². The van der Waals surface area contributed by atoms with E-state index in [0.717, 1.165) is 12.8 Å². The van der Waals surface area contributed by atoms with Crippen molar-refractivity contribution in [3.05, 3.63) is 16.3 Å². The van der Waals surface area contributed by atoms with Crippen molar-refractivity contribution in [2.45, 2.75) is 46.1 Å². The molecule has 0 aromatic carbocycles. The summed E-state index contributed by atoms with van der Waals surface area (Å²) >= 11 is 0. The molecule has 2 N–H and O–H groups in total. The van der Waals surface area contributed by atoms with Crippen molar-refractivity contribution in [2.75, 3.05) is 5.73 Å². The molecular formula is C12H20N4O2. The van der Waals surface area contributed by atoms with Crippen molar-refractivity contribution in [1.82, 2.24) is 9.78 Å². The van der Waals surface area contributed by atoms with Gasteiger partial charge in [0.05, 0.1) is 11.0 Å². The second-order valence-corrected chi connectivity index (χ2v) is 6.18. The van der Waals surface area contributed by atoms with Gasteiger partial charge in [-0.25, -0.2) is 4.68 Å². The van der Waals surface area contributed by atoms with E-state index in [4.69, 9.17) is 5.73 Å². The van der Waals surface area contributed by atoms with E-state index in [9.17, 15) is 10.1 Å². The van der Waals surface area contributed by atoms with Gasteiger partial charge in [0.2, 0.25) is 5.82 Å². The second-order valence-electron chi connectivity index (χ2n) is 6.18. The van der Waals surface area contributed by atoms with Crippen molar-refractivity contribution in [2.24, 2.45) is 11.3 Å². The molecule has 2 unspecified atom stereocenters. The summed E-state index contributed by atoms with van der Waals surface area (Å²) in [6.07, 6.45) is 4.36. The number of nitrogens with two attached hydrogens (primary N) is 1. The summed E-state index contributed by atoms with van der Waals surface area (Å²) in [5.74, 6) is 0.760. The molecule has 1 heterocycles. The largest absolute Gasteiger partial charge is 0.378 e. The summed E-state index contributed by atoms with van der Waals surface area (Å²) in [5.41, 5.74) is 5.97. The van der Waals surface area contributed by atoms with Crippen LogP contribution in [-0.4, -0.2) is 14.7 Å². The summed E-state index contributed by atoms with van der Waals surface area (Å²) in [6.45, 7) is 6.66. The third-order valence-corrected chi connectivity index (χ3v) is 3.72. The Hall–Kier alpha value is -1.59. The number of nitro groups is 1. The summed E-state index contributed by atoms with van der Waals surface area (Å²) in [4.78, 5) is 10.3. The van der Waals surface area contributed by atoms with Gasteiger partial charge in [0.15, 0.2) is 0 Å². The van der Waals surface area contributed by atoms with Crippen LogP contribution < -0.4 is 5.73 Å². The average Bonchev–Trinajstić information content (AvgIpc) is 2.56. The van der Waals surface area contributed by atoms with Crippen LogP contribution in [0.15, 0.2) is 6.20 Å². The van der Waals surface area contributed by atoms with Crippen molar-refractivity contribution >= 4 is 11.5 Å². The molecule has 0 saturated heterocycles. The van der Waals surface area contributed by atoms with E-state index in [2.05, 4.69) is 25.9 Å². The summed E-state index contributed by atoms with van der Waals surface area (Å²) in [5, 5.41) is 14.9. The van der Waals surface area contributed by atoms with Gasteiger partial charge in [-0.15, -0.1) is 0 Å². The van der Waals surface area contributed by atoms with Gasteiger partial charge in [0.25, 0.3) is 0 Å². The third kappa shape index (κ3) is 2.32. The quantitative estimate of drug-likeness (QED) is 0.647. The van der Waals surface area contributed by atoms with Crippen LogP contribution in [0.4, 0.5) is 11.5 Å². The minimum Gasteiger partial charge on any atom is -0.378 e. The van der Waals surface area contributed by atoms with Crippen LogP contribution in [0, 0.1) is 21.4 Å². The second kappa shape index (κ2) is 4.26. The molecule has 0 aliphatic heterocycles. The highest BCUT2D eigenvalue weighted by Crippen LogP contribution is 2.44. The van der Waals surface area contributed by atoms with E-state index in [1.54, 1.807) is 4.68 Å². The van der Waals surface area contributed by atoms with Crippen LogP contribution in [0.3, 0.4) is 0 Å². The number of rotatable bonds is 2. The van der Waals surface area contributed by atoms with Gasteiger partial charge in [-0.1, -0.05) is 20.8 Å². The lowest BCUT2D eigenvalue weighted by molar-refractivity contribution is -0.384. The highest BCUT2D eigenvalue weighted by molar-refractivity contribution is 5.51. The number of nitrogens with zero attached hydrogens (tertiary/aromatic N) is 3. The van der Waals surface area contributed by atoms with Crippen molar-refractivity contribution in [1.29, 1.82) is 0 Å². The lowest BCUT2D eigenvalue weighted by atomic mass is 9.70. The SMILES string of the molecule is CC1CC(n2ncc([N+](=O)[O-])c2N)CC(C)(C)C1. The Kier molecular flexibility index (Phi) is 3.04. The Bertz CT molecular complexity index is 467. The standard InChI is InChI=1S/C12H20N4O2/c1-8-4-9(6-12(2,3)5-8)15-11(13)10(7-14-15)16(17)18/h7-9H,4-6,13H2,1-3H3. The predicted octanol–water partition coefficient (Wildman–Crippen LogP) is 2.76. The molecule has 1 aromatic rings. The van der Waals surface area contributed by atoms with Crippen LogP contribution in [0.1, 0.15) is 46.1 Å². The van der Waals surface area contributed by atoms with Crippen LogP contribution >= 0.6 is 0 Å². The highest BCUT2D eigenvalue weighted by Gasteiger charge is 2.35. The Balaban J connectivity index is 2.29. The maximum atomic E-state index is 10.8. The monoisotopic (exact) mass is 252 g/mol. The van der Waals surface area contributed by atoms with E-state index < -0.39 is 4.92 Å². The first-order valence-corrected chi connectivity index (χ1v) is 6.27. The maximum Gasteiger partial charge on any atom is 0.330 e. The lowest BCUT2D eigenvalue weighted by Gasteiger charge is -2.39. The van der Waals surface area contributed by atoms with E-state index in [1.807, 2.05) is 0 Å². The molecular weight excluding hydrogens is 232 g/mol. The zero-order valence-corrected chi connectivity index (χ0v) is 11.1. The Morgan fingerprint density at radius 2 is 2.22 bits per heavy atom. The molecule has 0 amide bonds. The molecule has 1 aromatic heterocycles. The van der Waals surface area contributed by atoms with Gasteiger partial charge < -0.3 is 5.73 Å². The van der Waals surface area contributed by atoms with Gasteiger partial charge in [0.1, 0.15) is 6.20 Å². The van der Waals surface area contributed by atoms with Crippen molar-refractivity contribution in [3.8, 4) is 0 Å². The van der Waals surface area contributed by atoms with Crippen LogP contribution in [0.5, 0.6) is 0 Å². The smallest absolute Gasteiger partial charge is 0.330 e. The first-order valence-electron chi connectivity index (χ1n) is 6.27. The molecule has 18 heavy (non-hydrogen) atoms.